The van der Waals surface area contributed by atoms with Crippen LogP contribution in [0.3, 0.4) is 0 Å². The average molecular weight is 261 g/mol. The van der Waals surface area contributed by atoms with Crippen LogP contribution in [0.2, 0.25) is 0 Å². The third-order valence-electron chi connectivity index (χ3n) is 3.71. The molecule has 3 unspecified atom stereocenters. The molecule has 0 bridgehead atoms. The number of hydrogen-bond donors (Lipinski definition) is 1. The Morgan fingerprint density at radius 2 is 2.22 bits per heavy atom. The predicted molar refractivity (Wildman–Crippen MR) is 78.1 cm³/mol. The summed E-state index contributed by atoms with van der Waals surface area (Å²) in [5.74, 6) is 2.31. The standard InChI is InChI=1S/C15H19NOS/c1-10(16-13-7-8-18-11(13)2)15-9-12-5-3-4-6-14(12)17-15/h3-6,9-11,13,16H,7-8H2,1-2H3. The van der Waals surface area contributed by atoms with Gasteiger partial charge in [0.1, 0.15) is 11.3 Å². The highest BCUT2D eigenvalue weighted by atomic mass is 32.2. The number of fused-ring (bicyclic) bond motifs is 1. The molecule has 2 aromatic rings. The fourth-order valence-electron chi connectivity index (χ4n) is 2.57. The molecule has 1 aliphatic heterocycles. The van der Waals surface area contributed by atoms with Gasteiger partial charge < -0.3 is 9.73 Å². The van der Waals surface area contributed by atoms with Crippen LogP contribution in [-0.4, -0.2) is 17.0 Å². The van der Waals surface area contributed by atoms with Crippen molar-refractivity contribution in [2.24, 2.45) is 0 Å². The van der Waals surface area contributed by atoms with Crippen molar-refractivity contribution in [1.82, 2.24) is 5.32 Å². The Balaban J connectivity index is 1.77. The van der Waals surface area contributed by atoms with Crippen molar-refractivity contribution in [2.75, 3.05) is 5.75 Å². The lowest BCUT2D eigenvalue weighted by Crippen LogP contribution is -2.35. The molecule has 0 spiro atoms. The summed E-state index contributed by atoms with van der Waals surface area (Å²) in [5, 5.41) is 5.59. The van der Waals surface area contributed by atoms with Crippen molar-refractivity contribution in [3.05, 3.63) is 36.1 Å². The summed E-state index contributed by atoms with van der Waals surface area (Å²) < 4.78 is 5.91. The van der Waals surface area contributed by atoms with Gasteiger partial charge in [-0.15, -0.1) is 0 Å². The first-order valence-electron chi connectivity index (χ1n) is 6.60. The molecule has 2 heterocycles. The summed E-state index contributed by atoms with van der Waals surface area (Å²) in [5.41, 5.74) is 0.981. The number of benzene rings is 1. The van der Waals surface area contributed by atoms with Gasteiger partial charge >= 0.3 is 0 Å². The molecule has 1 fully saturated rings. The second-order valence-corrected chi connectivity index (χ2v) is 6.53. The largest absolute Gasteiger partial charge is 0.459 e. The van der Waals surface area contributed by atoms with Crippen molar-refractivity contribution >= 4 is 22.7 Å². The highest BCUT2D eigenvalue weighted by Crippen LogP contribution is 2.29. The molecule has 0 amide bonds. The molecular formula is C15H19NOS. The van der Waals surface area contributed by atoms with Crippen LogP contribution in [0.25, 0.3) is 11.0 Å². The number of furan rings is 1. The van der Waals surface area contributed by atoms with Crippen LogP contribution in [-0.2, 0) is 0 Å². The number of thioether (sulfide) groups is 1. The van der Waals surface area contributed by atoms with Crippen molar-refractivity contribution in [3.8, 4) is 0 Å². The van der Waals surface area contributed by atoms with E-state index in [0.29, 0.717) is 11.3 Å². The third-order valence-corrected chi connectivity index (χ3v) is 5.04. The summed E-state index contributed by atoms with van der Waals surface area (Å²) in [6.45, 7) is 4.49. The molecule has 3 atom stereocenters. The van der Waals surface area contributed by atoms with E-state index in [9.17, 15) is 0 Å². The SMILES string of the molecule is CC(NC1CCSC1C)c1cc2ccccc2o1. The Kier molecular flexibility index (Phi) is 3.35. The molecule has 3 rings (SSSR count). The maximum absolute atomic E-state index is 5.91. The van der Waals surface area contributed by atoms with Crippen LogP contribution in [0.4, 0.5) is 0 Å². The van der Waals surface area contributed by atoms with Gasteiger partial charge in [-0.25, -0.2) is 0 Å². The van der Waals surface area contributed by atoms with E-state index in [-0.39, 0.29) is 6.04 Å². The zero-order valence-electron chi connectivity index (χ0n) is 10.8. The first kappa shape index (κ1) is 12.1. The van der Waals surface area contributed by atoms with Crippen LogP contribution in [0, 0.1) is 0 Å². The number of nitrogens with one attached hydrogen (secondary N) is 1. The number of hydrogen-bond acceptors (Lipinski definition) is 3. The Bertz CT molecular complexity index is 503. The molecule has 1 aromatic carbocycles. The van der Waals surface area contributed by atoms with Gasteiger partial charge in [-0.3, -0.25) is 0 Å². The monoisotopic (exact) mass is 261 g/mol. The van der Waals surface area contributed by atoms with Crippen molar-refractivity contribution in [1.29, 1.82) is 0 Å². The van der Waals surface area contributed by atoms with Crippen molar-refractivity contribution in [2.45, 2.75) is 37.6 Å². The maximum atomic E-state index is 5.91. The maximum Gasteiger partial charge on any atom is 0.134 e. The van der Waals surface area contributed by atoms with Gasteiger partial charge in [0.25, 0.3) is 0 Å². The molecule has 96 valence electrons. The van der Waals surface area contributed by atoms with Gasteiger partial charge in [0.05, 0.1) is 6.04 Å². The molecule has 18 heavy (non-hydrogen) atoms. The molecule has 3 heteroatoms. The summed E-state index contributed by atoms with van der Waals surface area (Å²) in [7, 11) is 0. The summed E-state index contributed by atoms with van der Waals surface area (Å²) in [6.07, 6.45) is 1.26. The van der Waals surface area contributed by atoms with E-state index in [1.165, 1.54) is 17.6 Å². The molecule has 1 aromatic heterocycles. The van der Waals surface area contributed by atoms with E-state index in [1.807, 2.05) is 12.1 Å². The van der Waals surface area contributed by atoms with Crippen LogP contribution in [0.5, 0.6) is 0 Å². The van der Waals surface area contributed by atoms with E-state index in [2.05, 4.69) is 49.1 Å². The lowest BCUT2D eigenvalue weighted by molar-refractivity contribution is 0.398. The van der Waals surface area contributed by atoms with E-state index in [1.54, 1.807) is 0 Å². The van der Waals surface area contributed by atoms with Gasteiger partial charge in [0.2, 0.25) is 0 Å². The van der Waals surface area contributed by atoms with Crippen LogP contribution < -0.4 is 5.32 Å². The summed E-state index contributed by atoms with van der Waals surface area (Å²) >= 11 is 2.05. The average Bonchev–Trinajstić information content (AvgIpc) is 2.96. The molecule has 0 aliphatic carbocycles. The number of para-hydroxylation sites is 1. The molecule has 2 nitrogen and oxygen atoms in total. The highest BCUT2D eigenvalue weighted by Gasteiger charge is 2.26. The minimum atomic E-state index is 0.281. The van der Waals surface area contributed by atoms with Gasteiger partial charge in [0.15, 0.2) is 0 Å². The predicted octanol–water partition coefficient (Wildman–Crippen LogP) is 3.98. The fourth-order valence-corrected chi connectivity index (χ4v) is 3.78. The Morgan fingerprint density at radius 1 is 1.39 bits per heavy atom. The number of rotatable bonds is 3. The molecule has 1 saturated heterocycles. The minimum absolute atomic E-state index is 0.281. The lowest BCUT2D eigenvalue weighted by atomic mass is 10.1. The third kappa shape index (κ3) is 2.29. The highest BCUT2D eigenvalue weighted by molar-refractivity contribution is 8.00. The topological polar surface area (TPSA) is 25.2 Å². The molecule has 1 N–H and O–H groups in total. The van der Waals surface area contributed by atoms with E-state index in [0.717, 1.165) is 11.3 Å². The molecule has 0 saturated carbocycles. The van der Waals surface area contributed by atoms with E-state index in [4.69, 9.17) is 4.42 Å². The lowest BCUT2D eigenvalue weighted by Gasteiger charge is -2.20. The fraction of sp³-hybridized carbons (Fsp3) is 0.467. The second kappa shape index (κ2) is 4.98. The quantitative estimate of drug-likeness (QED) is 0.904. The van der Waals surface area contributed by atoms with Crippen molar-refractivity contribution < 1.29 is 4.42 Å². The minimum Gasteiger partial charge on any atom is -0.459 e. The Labute approximate surface area is 112 Å². The van der Waals surface area contributed by atoms with Gasteiger partial charge in [-0.05, 0) is 31.2 Å². The van der Waals surface area contributed by atoms with E-state index < -0.39 is 0 Å². The zero-order valence-corrected chi connectivity index (χ0v) is 11.7. The van der Waals surface area contributed by atoms with Crippen LogP contribution in [0.1, 0.15) is 32.1 Å². The smallest absolute Gasteiger partial charge is 0.134 e. The first-order valence-corrected chi connectivity index (χ1v) is 7.65. The molecular weight excluding hydrogens is 242 g/mol. The summed E-state index contributed by atoms with van der Waals surface area (Å²) in [4.78, 5) is 0. The van der Waals surface area contributed by atoms with Crippen LogP contribution >= 0.6 is 11.8 Å². The van der Waals surface area contributed by atoms with Crippen molar-refractivity contribution in [3.63, 3.8) is 0 Å². The van der Waals surface area contributed by atoms with Gasteiger partial charge in [-0.1, -0.05) is 25.1 Å². The zero-order chi connectivity index (χ0) is 12.5. The second-order valence-electron chi connectivity index (χ2n) is 5.05. The summed E-state index contributed by atoms with van der Waals surface area (Å²) in [6, 6.07) is 11.2. The first-order chi connectivity index (χ1) is 8.74. The Morgan fingerprint density at radius 3 is 2.94 bits per heavy atom. The Hall–Kier alpha value is -0.930. The van der Waals surface area contributed by atoms with Gasteiger partial charge in [0, 0.05) is 16.7 Å². The van der Waals surface area contributed by atoms with E-state index >= 15 is 0 Å². The molecule has 1 aliphatic rings. The normalized spacial score (nSPS) is 25.7. The molecule has 0 radical (unpaired) electrons. The van der Waals surface area contributed by atoms with Crippen LogP contribution in [0.15, 0.2) is 34.7 Å². The van der Waals surface area contributed by atoms with Gasteiger partial charge in [-0.2, -0.15) is 11.8 Å².